The minimum absolute atomic E-state index is 0.0541. The van der Waals surface area contributed by atoms with Crippen LogP contribution in [0.1, 0.15) is 37.2 Å². The highest BCUT2D eigenvalue weighted by atomic mass is 19.1. The van der Waals surface area contributed by atoms with Gasteiger partial charge in [0.25, 0.3) is 0 Å². The number of hydrogen-bond acceptors (Lipinski definition) is 4. The van der Waals surface area contributed by atoms with Crippen molar-refractivity contribution in [3.63, 3.8) is 0 Å². The first-order chi connectivity index (χ1) is 13.0. The zero-order valence-electron chi connectivity index (χ0n) is 15.3. The van der Waals surface area contributed by atoms with Crippen LogP contribution >= 0.6 is 0 Å². The summed E-state index contributed by atoms with van der Waals surface area (Å²) < 4.78 is 24.9. The number of benzene rings is 1. The van der Waals surface area contributed by atoms with Gasteiger partial charge in [-0.05, 0) is 49.3 Å². The van der Waals surface area contributed by atoms with E-state index in [1.54, 1.807) is 12.1 Å². The third-order valence-corrected chi connectivity index (χ3v) is 6.46. The molecule has 3 N–H and O–H groups in total. The van der Waals surface area contributed by atoms with Gasteiger partial charge in [-0.2, -0.15) is 0 Å². The molecule has 7 heteroatoms. The minimum atomic E-state index is -0.952. The van der Waals surface area contributed by atoms with Crippen LogP contribution in [0, 0.1) is 11.7 Å². The summed E-state index contributed by atoms with van der Waals surface area (Å²) in [7, 11) is 0. The lowest BCUT2D eigenvalue weighted by molar-refractivity contribution is -0.0111. The van der Waals surface area contributed by atoms with Crippen molar-refractivity contribution in [2.45, 2.75) is 55.8 Å². The first kappa shape index (κ1) is 18.7. The molecule has 3 aliphatic rings. The van der Waals surface area contributed by atoms with Gasteiger partial charge in [0.1, 0.15) is 5.82 Å². The molecule has 4 atom stereocenters. The number of nitrogens with two attached hydrogens (primary N) is 1. The van der Waals surface area contributed by atoms with Crippen molar-refractivity contribution in [1.29, 1.82) is 0 Å². The van der Waals surface area contributed by atoms with E-state index in [9.17, 15) is 14.3 Å². The lowest BCUT2D eigenvalue weighted by Crippen LogP contribution is -2.49. The van der Waals surface area contributed by atoms with E-state index in [0.717, 1.165) is 31.2 Å². The number of hydrogen-bond donors (Lipinski definition) is 2. The fraction of sp³-hybridized carbons (Fsp3) is 0.650. The van der Waals surface area contributed by atoms with E-state index in [1.165, 1.54) is 11.0 Å². The number of amides is 1. The molecule has 148 valence electrons. The molecule has 0 spiro atoms. The Morgan fingerprint density at radius 3 is 2.78 bits per heavy atom. The number of ether oxygens (including phenoxy) is 2. The standard InChI is InChI=1S/C20H27FN2O4/c21-14-3-1-2-13(8-14)12-4-6-15(7-5-12)27-11-18-19(22)16-9-26-10-17(16)23(18)20(24)25/h1-3,8,12,15-19H,4-7,9-11,22H2,(H,24,25)/t12?,15?,16-,17+,18-,19-/m0/s1. The summed E-state index contributed by atoms with van der Waals surface area (Å²) in [6.07, 6.45) is 2.85. The number of halogens is 1. The maximum Gasteiger partial charge on any atom is 0.408 e. The highest BCUT2D eigenvalue weighted by Gasteiger charge is 2.52. The van der Waals surface area contributed by atoms with Crippen molar-refractivity contribution < 1.29 is 23.8 Å². The fourth-order valence-electron chi connectivity index (χ4n) is 4.96. The molecule has 0 aromatic heterocycles. The molecule has 0 bridgehead atoms. The Morgan fingerprint density at radius 2 is 2.07 bits per heavy atom. The lowest BCUT2D eigenvalue weighted by atomic mass is 9.82. The molecule has 1 saturated carbocycles. The molecule has 1 aromatic rings. The van der Waals surface area contributed by atoms with Crippen molar-refractivity contribution >= 4 is 6.09 Å². The first-order valence-corrected chi connectivity index (χ1v) is 9.76. The molecule has 6 nitrogen and oxygen atoms in total. The van der Waals surface area contributed by atoms with Crippen LogP contribution in [0.5, 0.6) is 0 Å². The van der Waals surface area contributed by atoms with Gasteiger partial charge in [-0.15, -0.1) is 0 Å². The Morgan fingerprint density at radius 1 is 1.30 bits per heavy atom. The zero-order chi connectivity index (χ0) is 19.0. The third kappa shape index (κ3) is 3.68. The molecule has 1 aromatic carbocycles. The van der Waals surface area contributed by atoms with E-state index in [-0.39, 0.29) is 36.0 Å². The van der Waals surface area contributed by atoms with E-state index in [2.05, 4.69) is 0 Å². The predicted molar refractivity (Wildman–Crippen MR) is 97.1 cm³/mol. The molecule has 2 aliphatic heterocycles. The van der Waals surface area contributed by atoms with Crippen molar-refractivity contribution in [3.05, 3.63) is 35.6 Å². The van der Waals surface area contributed by atoms with E-state index < -0.39 is 6.09 Å². The summed E-state index contributed by atoms with van der Waals surface area (Å²) in [5.74, 6) is 0.226. The van der Waals surface area contributed by atoms with Gasteiger partial charge in [-0.3, -0.25) is 4.90 Å². The first-order valence-electron chi connectivity index (χ1n) is 9.76. The van der Waals surface area contributed by atoms with E-state index >= 15 is 0 Å². The van der Waals surface area contributed by atoms with Crippen LogP contribution in [0.2, 0.25) is 0 Å². The lowest BCUT2D eigenvalue weighted by Gasteiger charge is -2.32. The topological polar surface area (TPSA) is 85.0 Å². The van der Waals surface area contributed by atoms with Crippen LogP contribution in [0.4, 0.5) is 9.18 Å². The predicted octanol–water partition coefficient (Wildman–Crippen LogP) is 2.57. The Kier molecular flexibility index (Phi) is 5.34. The van der Waals surface area contributed by atoms with Crippen molar-refractivity contribution in [1.82, 2.24) is 4.90 Å². The van der Waals surface area contributed by atoms with Crippen molar-refractivity contribution in [2.24, 2.45) is 11.7 Å². The molecular weight excluding hydrogens is 351 g/mol. The summed E-state index contributed by atoms with van der Waals surface area (Å²) >= 11 is 0. The van der Waals surface area contributed by atoms with Gasteiger partial charge in [-0.1, -0.05) is 12.1 Å². The second kappa shape index (κ2) is 7.73. The second-order valence-corrected chi connectivity index (χ2v) is 7.97. The number of fused-ring (bicyclic) bond motifs is 1. The van der Waals surface area contributed by atoms with Crippen LogP contribution in [-0.2, 0) is 9.47 Å². The normalized spacial score (nSPS) is 36.0. The molecule has 3 fully saturated rings. The molecule has 1 amide bonds. The van der Waals surface area contributed by atoms with Crippen molar-refractivity contribution in [2.75, 3.05) is 19.8 Å². The second-order valence-electron chi connectivity index (χ2n) is 7.97. The van der Waals surface area contributed by atoms with E-state index in [1.807, 2.05) is 6.07 Å². The Balaban J connectivity index is 1.31. The van der Waals surface area contributed by atoms with Gasteiger partial charge in [0.2, 0.25) is 0 Å². The average molecular weight is 378 g/mol. The van der Waals surface area contributed by atoms with Crippen molar-refractivity contribution in [3.8, 4) is 0 Å². The molecule has 4 rings (SSSR count). The largest absolute Gasteiger partial charge is 0.465 e. The quantitative estimate of drug-likeness (QED) is 0.841. The monoisotopic (exact) mass is 378 g/mol. The molecule has 1 aliphatic carbocycles. The van der Waals surface area contributed by atoms with Gasteiger partial charge in [0.15, 0.2) is 0 Å². The maximum absolute atomic E-state index is 13.4. The number of rotatable bonds is 4. The summed E-state index contributed by atoms with van der Waals surface area (Å²) in [6, 6.07) is 6.11. The van der Waals surface area contributed by atoms with Crippen LogP contribution in [0.15, 0.2) is 24.3 Å². The van der Waals surface area contributed by atoms with Gasteiger partial charge >= 0.3 is 6.09 Å². The van der Waals surface area contributed by atoms with Crippen LogP contribution in [-0.4, -0.2) is 60.1 Å². The minimum Gasteiger partial charge on any atom is -0.465 e. The average Bonchev–Trinajstić information content (AvgIpc) is 3.22. The van der Waals surface area contributed by atoms with Crippen LogP contribution in [0.3, 0.4) is 0 Å². The maximum atomic E-state index is 13.4. The molecule has 0 radical (unpaired) electrons. The summed E-state index contributed by atoms with van der Waals surface area (Å²) in [4.78, 5) is 13.2. The highest BCUT2D eigenvalue weighted by molar-refractivity contribution is 5.67. The molecule has 2 heterocycles. The number of carboxylic acid groups (broad SMARTS) is 1. The van der Waals surface area contributed by atoms with Gasteiger partial charge < -0.3 is 20.3 Å². The number of carbonyl (C=O) groups is 1. The Hall–Kier alpha value is -1.70. The van der Waals surface area contributed by atoms with Crippen LogP contribution < -0.4 is 5.73 Å². The zero-order valence-corrected chi connectivity index (χ0v) is 15.3. The number of nitrogens with zero attached hydrogens (tertiary/aromatic N) is 1. The Bertz CT molecular complexity index is 680. The molecule has 27 heavy (non-hydrogen) atoms. The fourth-order valence-corrected chi connectivity index (χ4v) is 4.96. The van der Waals surface area contributed by atoms with Gasteiger partial charge in [-0.25, -0.2) is 9.18 Å². The van der Waals surface area contributed by atoms with Gasteiger partial charge in [0.05, 0.1) is 38.0 Å². The smallest absolute Gasteiger partial charge is 0.408 e. The SMILES string of the molecule is N[C@H]1[C@H]2COC[C@H]2N(C(=O)O)[C@H]1COC1CCC(c2cccc(F)c2)CC1. The summed E-state index contributed by atoms with van der Waals surface area (Å²) in [6.45, 7) is 1.26. The van der Waals surface area contributed by atoms with Gasteiger partial charge in [0, 0.05) is 12.0 Å². The Labute approximate surface area is 158 Å². The van der Waals surface area contributed by atoms with Crippen LogP contribution in [0.25, 0.3) is 0 Å². The van der Waals surface area contributed by atoms with E-state index in [0.29, 0.717) is 25.7 Å². The third-order valence-electron chi connectivity index (χ3n) is 6.46. The molecule has 0 unspecified atom stereocenters. The molecular formula is C20H27FN2O4. The molecule has 2 saturated heterocycles. The van der Waals surface area contributed by atoms with E-state index in [4.69, 9.17) is 15.2 Å². The number of likely N-dealkylation sites (tertiary alicyclic amines) is 1. The highest BCUT2D eigenvalue weighted by Crippen LogP contribution is 2.36. The summed E-state index contributed by atoms with van der Waals surface area (Å²) in [5, 5.41) is 9.60. The summed E-state index contributed by atoms with van der Waals surface area (Å²) in [5.41, 5.74) is 7.37.